The van der Waals surface area contributed by atoms with Gasteiger partial charge in [-0.25, -0.2) is 0 Å². The van der Waals surface area contributed by atoms with Crippen LogP contribution in [-0.2, 0) is 11.4 Å². The lowest BCUT2D eigenvalue weighted by molar-refractivity contribution is -0.122. The van der Waals surface area contributed by atoms with Gasteiger partial charge in [0.05, 0.1) is 23.3 Å². The third-order valence-electron chi connectivity index (χ3n) is 7.32. The number of rotatable bonds is 5. The molecule has 0 radical (unpaired) electrons. The van der Waals surface area contributed by atoms with Crippen molar-refractivity contribution in [1.29, 1.82) is 0 Å². The third-order valence-corrected chi connectivity index (χ3v) is 7.88. The summed E-state index contributed by atoms with van der Waals surface area (Å²) in [5, 5.41) is 4.67. The zero-order valence-electron chi connectivity index (χ0n) is 20.6. The Morgan fingerprint density at radius 2 is 1.61 bits per heavy atom. The maximum atomic E-state index is 13.9. The van der Waals surface area contributed by atoms with Crippen molar-refractivity contribution in [1.82, 2.24) is 0 Å². The number of nitrogens with zero attached hydrogens (tertiary/aromatic N) is 1. The highest BCUT2D eigenvalue weighted by atomic mass is 35.5. The van der Waals surface area contributed by atoms with Gasteiger partial charge in [0, 0.05) is 22.2 Å². The van der Waals surface area contributed by atoms with Gasteiger partial charge in [0.1, 0.15) is 18.1 Å². The molecule has 1 fully saturated rings. The van der Waals surface area contributed by atoms with Crippen LogP contribution in [0.2, 0.25) is 10.0 Å². The summed E-state index contributed by atoms with van der Waals surface area (Å²) in [6.45, 7) is 0.469. The van der Waals surface area contributed by atoms with Gasteiger partial charge in [0.25, 0.3) is 0 Å². The highest BCUT2D eigenvalue weighted by molar-refractivity contribution is 6.35. The average molecular weight is 541 g/mol. The average Bonchev–Trinajstić information content (AvgIpc) is 3.09. The van der Waals surface area contributed by atoms with Crippen LogP contribution in [0.5, 0.6) is 5.75 Å². The molecule has 4 aromatic carbocycles. The lowest BCUT2D eigenvalue weighted by Gasteiger charge is -2.34. The Balaban J connectivity index is 1.36. The van der Waals surface area contributed by atoms with Gasteiger partial charge in [-0.15, -0.1) is 0 Å². The number of anilines is 1. The van der Waals surface area contributed by atoms with Crippen LogP contribution in [0.15, 0.2) is 102 Å². The number of para-hydroxylation sites is 3. The first-order chi connectivity index (χ1) is 18.6. The summed E-state index contributed by atoms with van der Waals surface area (Å²) in [5.41, 5.74) is 5.52. The summed E-state index contributed by atoms with van der Waals surface area (Å²) in [4.78, 5) is 19.0. The van der Waals surface area contributed by atoms with Crippen LogP contribution >= 0.6 is 23.2 Å². The summed E-state index contributed by atoms with van der Waals surface area (Å²) in [5.74, 6) is 0.470. The van der Waals surface area contributed by atoms with Crippen molar-refractivity contribution in [3.05, 3.63) is 124 Å². The number of carbonyl (C=O) groups excluding carboxylic acids is 1. The molecule has 1 saturated carbocycles. The number of ether oxygens (including phenoxy) is 1. The molecule has 2 aliphatic rings. The summed E-state index contributed by atoms with van der Waals surface area (Å²) < 4.78 is 6.25. The van der Waals surface area contributed by atoms with E-state index < -0.39 is 5.92 Å². The summed E-state index contributed by atoms with van der Waals surface area (Å²) in [6, 6.07) is 31.1. The number of hydrogen-bond acceptors (Lipinski definition) is 4. The van der Waals surface area contributed by atoms with Gasteiger partial charge in [-0.3, -0.25) is 9.79 Å². The molecule has 1 aliphatic heterocycles. The SMILES string of the molecule is O=C1CC(c2ccccc2OCc2ccccc2)CC2=Nc3ccccc3NC(c3ccc(Cl)cc3Cl)C12. The number of Topliss-reactive ketones (excluding diaryl/α,β-unsaturated/α-hetero) is 1. The van der Waals surface area contributed by atoms with Crippen LogP contribution in [-0.4, -0.2) is 11.5 Å². The Morgan fingerprint density at radius 3 is 2.45 bits per heavy atom. The molecule has 1 aliphatic carbocycles. The van der Waals surface area contributed by atoms with Gasteiger partial charge in [-0.2, -0.15) is 0 Å². The highest BCUT2D eigenvalue weighted by Crippen LogP contribution is 2.46. The molecule has 4 nitrogen and oxygen atoms in total. The molecule has 190 valence electrons. The second-order valence-electron chi connectivity index (χ2n) is 9.77. The lowest BCUT2D eigenvalue weighted by atomic mass is 9.72. The molecule has 3 unspecified atom stereocenters. The van der Waals surface area contributed by atoms with Crippen LogP contribution < -0.4 is 10.1 Å². The third kappa shape index (κ3) is 4.94. The number of nitrogens with one attached hydrogen (secondary N) is 1. The minimum atomic E-state index is -0.435. The molecule has 0 aromatic heterocycles. The number of aliphatic imine (C=N–C) groups is 1. The van der Waals surface area contributed by atoms with E-state index in [0.29, 0.717) is 29.5 Å². The number of halogens is 2. The first-order valence-corrected chi connectivity index (χ1v) is 13.5. The van der Waals surface area contributed by atoms with Crippen LogP contribution in [0.4, 0.5) is 11.4 Å². The highest BCUT2D eigenvalue weighted by Gasteiger charge is 2.42. The number of carbonyl (C=O) groups is 1. The Kier molecular flexibility index (Phi) is 6.92. The minimum Gasteiger partial charge on any atom is -0.489 e. The van der Waals surface area contributed by atoms with E-state index in [1.54, 1.807) is 6.07 Å². The largest absolute Gasteiger partial charge is 0.489 e. The maximum absolute atomic E-state index is 13.9. The van der Waals surface area contributed by atoms with Crippen molar-refractivity contribution in [3.63, 3.8) is 0 Å². The summed E-state index contributed by atoms with van der Waals surface area (Å²) in [7, 11) is 0. The molecule has 0 saturated heterocycles. The summed E-state index contributed by atoms with van der Waals surface area (Å²) >= 11 is 12.9. The van der Waals surface area contributed by atoms with E-state index in [1.165, 1.54) is 0 Å². The molecule has 1 N–H and O–H groups in total. The smallest absolute Gasteiger partial charge is 0.144 e. The minimum absolute atomic E-state index is 0.0314. The van der Waals surface area contributed by atoms with Gasteiger partial charge in [0.15, 0.2) is 0 Å². The first-order valence-electron chi connectivity index (χ1n) is 12.7. The molecular formula is C32H26Cl2N2O2. The molecule has 38 heavy (non-hydrogen) atoms. The van der Waals surface area contributed by atoms with Crippen LogP contribution in [0.1, 0.15) is 41.5 Å². The van der Waals surface area contributed by atoms with Crippen molar-refractivity contribution < 1.29 is 9.53 Å². The molecular weight excluding hydrogens is 515 g/mol. The number of ketones is 1. The van der Waals surface area contributed by atoms with Gasteiger partial charge < -0.3 is 10.1 Å². The fraction of sp³-hybridized carbons (Fsp3) is 0.188. The van der Waals surface area contributed by atoms with E-state index in [9.17, 15) is 4.79 Å². The maximum Gasteiger partial charge on any atom is 0.144 e. The van der Waals surface area contributed by atoms with E-state index in [-0.39, 0.29) is 17.7 Å². The quantitative estimate of drug-likeness (QED) is 0.275. The molecule has 1 heterocycles. The number of benzene rings is 4. The molecule has 0 bridgehead atoms. The Labute approximate surface area is 232 Å². The molecule has 4 aromatic rings. The van der Waals surface area contributed by atoms with E-state index in [4.69, 9.17) is 32.9 Å². The van der Waals surface area contributed by atoms with Crippen molar-refractivity contribution >= 4 is 46.1 Å². The van der Waals surface area contributed by atoms with Crippen molar-refractivity contribution in [2.45, 2.75) is 31.4 Å². The van der Waals surface area contributed by atoms with Crippen LogP contribution in [0.3, 0.4) is 0 Å². The second kappa shape index (κ2) is 10.6. The predicted molar refractivity (Wildman–Crippen MR) is 154 cm³/mol. The van der Waals surface area contributed by atoms with Crippen molar-refractivity contribution in [2.24, 2.45) is 10.9 Å². The summed E-state index contributed by atoms with van der Waals surface area (Å²) in [6.07, 6.45) is 1.05. The molecule has 6 rings (SSSR count). The molecule has 3 atom stereocenters. The fourth-order valence-corrected chi connectivity index (χ4v) is 6.04. The number of hydrogen-bond donors (Lipinski definition) is 1. The van der Waals surface area contributed by atoms with E-state index in [0.717, 1.165) is 39.5 Å². The topological polar surface area (TPSA) is 50.7 Å². The standard InChI is InChI=1S/C32H26Cl2N2O2/c33-22-14-15-24(25(34)18-22)32-31-28(35-26-11-5-6-12-27(26)36-32)16-21(17-29(31)37)23-10-4-7-13-30(23)38-19-20-8-2-1-3-9-20/h1-15,18,21,31-32,36H,16-17,19H2. The van der Waals surface area contributed by atoms with Gasteiger partial charge >= 0.3 is 0 Å². The monoisotopic (exact) mass is 540 g/mol. The van der Waals surface area contributed by atoms with Crippen LogP contribution in [0, 0.1) is 5.92 Å². The number of fused-ring (bicyclic) bond motifs is 2. The zero-order valence-corrected chi connectivity index (χ0v) is 22.1. The Morgan fingerprint density at radius 1 is 0.842 bits per heavy atom. The van der Waals surface area contributed by atoms with E-state index in [1.807, 2.05) is 84.9 Å². The van der Waals surface area contributed by atoms with Crippen LogP contribution in [0.25, 0.3) is 0 Å². The molecule has 0 amide bonds. The van der Waals surface area contributed by atoms with E-state index in [2.05, 4.69) is 11.4 Å². The van der Waals surface area contributed by atoms with Crippen molar-refractivity contribution in [2.75, 3.05) is 5.32 Å². The second-order valence-corrected chi connectivity index (χ2v) is 10.6. The van der Waals surface area contributed by atoms with Crippen molar-refractivity contribution in [3.8, 4) is 5.75 Å². The lowest BCUT2D eigenvalue weighted by Crippen LogP contribution is -2.39. The van der Waals surface area contributed by atoms with E-state index >= 15 is 0 Å². The predicted octanol–water partition coefficient (Wildman–Crippen LogP) is 8.57. The Hall–Kier alpha value is -3.60. The first kappa shape index (κ1) is 24.7. The molecule has 6 heteroatoms. The van der Waals surface area contributed by atoms with Gasteiger partial charge in [0.2, 0.25) is 0 Å². The normalized spacial score (nSPS) is 20.4. The van der Waals surface area contributed by atoms with Gasteiger partial charge in [-0.05, 0) is 59.4 Å². The molecule has 0 spiro atoms. The van der Waals surface area contributed by atoms with Gasteiger partial charge in [-0.1, -0.05) is 89.9 Å². The fourth-order valence-electron chi connectivity index (χ4n) is 5.51. The Bertz CT molecular complexity index is 1520. The zero-order chi connectivity index (χ0) is 26.1.